The molecule has 0 aromatic heterocycles. The Morgan fingerprint density at radius 2 is 2.22 bits per heavy atom. The lowest BCUT2D eigenvalue weighted by Crippen LogP contribution is -2.38. The van der Waals surface area contributed by atoms with E-state index < -0.39 is 0 Å². The van der Waals surface area contributed by atoms with E-state index in [1.54, 1.807) is 0 Å². The number of nitrogens with one attached hydrogen (secondary N) is 1. The second-order valence-electron chi connectivity index (χ2n) is 5.08. The van der Waals surface area contributed by atoms with Crippen LogP contribution in [0.5, 0.6) is 0 Å². The van der Waals surface area contributed by atoms with Gasteiger partial charge in [0.15, 0.2) is 0 Å². The van der Waals surface area contributed by atoms with Gasteiger partial charge in [-0.15, -0.1) is 6.42 Å². The number of terminal acetylenes is 1. The molecule has 2 nitrogen and oxygen atoms in total. The van der Waals surface area contributed by atoms with E-state index in [0.717, 1.165) is 19.5 Å². The van der Waals surface area contributed by atoms with Crippen molar-refractivity contribution in [1.82, 2.24) is 10.2 Å². The molecule has 0 saturated carbocycles. The molecule has 1 saturated heterocycles. The first-order valence-electron chi connectivity index (χ1n) is 6.76. The van der Waals surface area contributed by atoms with Gasteiger partial charge in [0.25, 0.3) is 0 Å². The number of hydrogen-bond donors (Lipinski definition) is 1. The molecule has 96 valence electrons. The van der Waals surface area contributed by atoms with Crippen molar-refractivity contribution in [1.29, 1.82) is 0 Å². The first-order chi connectivity index (χ1) is 8.78. The summed E-state index contributed by atoms with van der Waals surface area (Å²) in [6.07, 6.45) is 7.74. The van der Waals surface area contributed by atoms with Gasteiger partial charge < -0.3 is 4.90 Å². The lowest BCUT2D eigenvalue weighted by molar-refractivity contribution is 0.330. The summed E-state index contributed by atoms with van der Waals surface area (Å²) in [6.45, 7) is 5.50. The maximum absolute atomic E-state index is 5.39. The van der Waals surface area contributed by atoms with Crippen LogP contribution in [0.15, 0.2) is 30.3 Å². The minimum Gasteiger partial charge on any atom is -0.301 e. The Morgan fingerprint density at radius 1 is 1.44 bits per heavy atom. The van der Waals surface area contributed by atoms with Crippen LogP contribution in [0.2, 0.25) is 0 Å². The third kappa shape index (κ3) is 3.87. The summed E-state index contributed by atoms with van der Waals surface area (Å²) < 4.78 is 0. The van der Waals surface area contributed by atoms with Crippen LogP contribution >= 0.6 is 0 Å². The van der Waals surface area contributed by atoms with Crippen molar-refractivity contribution in [2.24, 2.45) is 0 Å². The first kappa shape index (κ1) is 13.1. The SMILES string of the molecule is C#CC(C)NC1CCN(CCc2ccccc2)C1. The monoisotopic (exact) mass is 242 g/mol. The predicted octanol–water partition coefficient (Wildman–Crippen LogP) is 1.91. The zero-order chi connectivity index (χ0) is 12.8. The Bertz CT molecular complexity index is 393. The lowest BCUT2D eigenvalue weighted by atomic mass is 10.1. The Balaban J connectivity index is 1.72. The van der Waals surface area contributed by atoms with Crippen molar-refractivity contribution in [3.63, 3.8) is 0 Å². The summed E-state index contributed by atoms with van der Waals surface area (Å²) in [5.74, 6) is 2.73. The largest absolute Gasteiger partial charge is 0.301 e. The maximum Gasteiger partial charge on any atom is 0.0660 e. The van der Waals surface area contributed by atoms with Crippen molar-refractivity contribution in [3.8, 4) is 12.3 Å². The van der Waals surface area contributed by atoms with E-state index in [1.165, 1.54) is 18.5 Å². The Labute approximate surface area is 110 Å². The molecule has 1 N–H and O–H groups in total. The third-order valence-corrected chi connectivity index (χ3v) is 3.57. The molecular weight excluding hydrogens is 220 g/mol. The minimum atomic E-state index is 0.184. The van der Waals surface area contributed by atoms with Crippen LogP contribution in [0.3, 0.4) is 0 Å². The molecule has 1 aromatic rings. The van der Waals surface area contributed by atoms with E-state index >= 15 is 0 Å². The summed E-state index contributed by atoms with van der Waals surface area (Å²) in [4.78, 5) is 2.52. The minimum absolute atomic E-state index is 0.184. The molecule has 0 bridgehead atoms. The maximum atomic E-state index is 5.39. The highest BCUT2D eigenvalue weighted by Gasteiger charge is 2.22. The molecule has 2 unspecified atom stereocenters. The molecule has 1 heterocycles. The summed E-state index contributed by atoms with van der Waals surface area (Å²) in [7, 11) is 0. The normalized spacial score (nSPS) is 21.7. The van der Waals surface area contributed by atoms with E-state index in [2.05, 4.69) is 46.5 Å². The molecule has 1 aliphatic rings. The zero-order valence-corrected chi connectivity index (χ0v) is 11.1. The number of hydrogen-bond acceptors (Lipinski definition) is 2. The van der Waals surface area contributed by atoms with Crippen molar-refractivity contribution in [2.45, 2.75) is 31.8 Å². The molecule has 0 radical (unpaired) electrons. The summed E-state index contributed by atoms with van der Waals surface area (Å²) in [5.41, 5.74) is 1.42. The van der Waals surface area contributed by atoms with Gasteiger partial charge in [-0.05, 0) is 31.9 Å². The smallest absolute Gasteiger partial charge is 0.0660 e. The number of benzene rings is 1. The van der Waals surface area contributed by atoms with Crippen molar-refractivity contribution >= 4 is 0 Å². The van der Waals surface area contributed by atoms with Gasteiger partial charge in [-0.1, -0.05) is 36.3 Å². The zero-order valence-electron chi connectivity index (χ0n) is 11.1. The van der Waals surface area contributed by atoms with Gasteiger partial charge in [0.1, 0.15) is 0 Å². The lowest BCUT2D eigenvalue weighted by Gasteiger charge is -2.17. The van der Waals surface area contributed by atoms with Crippen LogP contribution in [-0.2, 0) is 6.42 Å². The summed E-state index contributed by atoms with van der Waals surface area (Å²) in [5, 5.41) is 3.48. The van der Waals surface area contributed by atoms with Crippen LogP contribution in [-0.4, -0.2) is 36.6 Å². The van der Waals surface area contributed by atoms with Gasteiger partial charge >= 0.3 is 0 Å². The Hall–Kier alpha value is -1.30. The molecular formula is C16H22N2. The van der Waals surface area contributed by atoms with E-state index in [1.807, 2.05) is 6.92 Å². The van der Waals surface area contributed by atoms with Gasteiger partial charge in [-0.2, -0.15) is 0 Å². The van der Waals surface area contributed by atoms with Gasteiger partial charge in [0.05, 0.1) is 6.04 Å². The standard InChI is InChI=1S/C16H22N2/c1-3-14(2)17-16-10-12-18(13-16)11-9-15-7-5-4-6-8-15/h1,4-8,14,16-17H,9-13H2,2H3. The molecule has 2 atom stereocenters. The van der Waals surface area contributed by atoms with Gasteiger partial charge in [0, 0.05) is 19.1 Å². The first-order valence-corrected chi connectivity index (χ1v) is 6.76. The van der Waals surface area contributed by atoms with Gasteiger partial charge in [0.2, 0.25) is 0 Å². The molecule has 2 heteroatoms. The molecule has 18 heavy (non-hydrogen) atoms. The fourth-order valence-electron chi connectivity index (χ4n) is 2.51. The molecule has 1 aromatic carbocycles. The van der Waals surface area contributed by atoms with Gasteiger partial charge in [-0.25, -0.2) is 0 Å². The van der Waals surface area contributed by atoms with Crippen LogP contribution in [0.4, 0.5) is 0 Å². The quantitative estimate of drug-likeness (QED) is 0.794. The highest BCUT2D eigenvalue weighted by atomic mass is 15.2. The van der Waals surface area contributed by atoms with Crippen LogP contribution in [0, 0.1) is 12.3 Å². The fourth-order valence-corrected chi connectivity index (χ4v) is 2.51. The highest BCUT2D eigenvalue weighted by Crippen LogP contribution is 2.11. The average Bonchev–Trinajstić information content (AvgIpc) is 2.85. The number of nitrogens with zero attached hydrogens (tertiary/aromatic N) is 1. The van der Waals surface area contributed by atoms with Crippen LogP contribution in [0.1, 0.15) is 18.9 Å². The molecule has 0 aliphatic carbocycles. The molecule has 1 fully saturated rings. The Kier molecular flexibility index (Phi) is 4.81. The average molecular weight is 242 g/mol. The topological polar surface area (TPSA) is 15.3 Å². The highest BCUT2D eigenvalue weighted by molar-refractivity contribution is 5.15. The molecule has 0 amide bonds. The van der Waals surface area contributed by atoms with Crippen LogP contribution < -0.4 is 5.32 Å². The Morgan fingerprint density at radius 3 is 2.94 bits per heavy atom. The third-order valence-electron chi connectivity index (χ3n) is 3.57. The summed E-state index contributed by atoms with van der Waals surface area (Å²) in [6, 6.07) is 11.4. The molecule has 2 rings (SSSR count). The molecule has 1 aliphatic heterocycles. The van der Waals surface area contributed by atoms with Crippen molar-refractivity contribution in [2.75, 3.05) is 19.6 Å². The fraction of sp³-hybridized carbons (Fsp3) is 0.500. The van der Waals surface area contributed by atoms with E-state index in [0.29, 0.717) is 6.04 Å². The van der Waals surface area contributed by atoms with E-state index in [4.69, 9.17) is 6.42 Å². The van der Waals surface area contributed by atoms with Gasteiger partial charge in [-0.3, -0.25) is 5.32 Å². The predicted molar refractivity (Wildman–Crippen MR) is 76.4 cm³/mol. The van der Waals surface area contributed by atoms with Crippen molar-refractivity contribution in [3.05, 3.63) is 35.9 Å². The number of likely N-dealkylation sites (tertiary alicyclic amines) is 1. The number of rotatable bonds is 5. The van der Waals surface area contributed by atoms with Crippen molar-refractivity contribution < 1.29 is 0 Å². The summed E-state index contributed by atoms with van der Waals surface area (Å²) >= 11 is 0. The second kappa shape index (κ2) is 6.58. The van der Waals surface area contributed by atoms with E-state index in [-0.39, 0.29) is 6.04 Å². The second-order valence-corrected chi connectivity index (χ2v) is 5.08. The van der Waals surface area contributed by atoms with E-state index in [9.17, 15) is 0 Å². The molecule has 0 spiro atoms. The van der Waals surface area contributed by atoms with Crippen LogP contribution in [0.25, 0.3) is 0 Å².